The van der Waals surface area contributed by atoms with E-state index in [9.17, 15) is 14.4 Å². The molecular weight excluding hydrogens is 903 g/mol. The molecule has 334 valence electrons. The minimum atomic E-state index is -1.03. The van der Waals surface area contributed by atoms with Crippen LogP contribution in [-0.4, -0.2) is 70.8 Å². The van der Waals surface area contributed by atoms with Gasteiger partial charge >= 0.3 is 5.97 Å². The van der Waals surface area contributed by atoms with Gasteiger partial charge in [-0.1, -0.05) is 175 Å². The molecule has 5 aromatic carbocycles. The summed E-state index contributed by atoms with van der Waals surface area (Å²) in [6, 6.07) is 48.0. The number of nitrogens with zero attached hydrogens (tertiary/aromatic N) is 7. The van der Waals surface area contributed by atoms with Crippen molar-refractivity contribution in [3.05, 3.63) is 226 Å². The molecule has 0 bridgehead atoms. The van der Waals surface area contributed by atoms with Crippen LogP contribution in [0.5, 0.6) is 0 Å². The molecule has 2 unspecified atom stereocenters. The minimum Gasteiger partial charge on any atom is -0.448 e. The third kappa shape index (κ3) is 9.29. The van der Waals surface area contributed by atoms with E-state index in [2.05, 4.69) is 74.3 Å². The molecular formula is C50H41N9O5S3. The highest BCUT2D eigenvalue weighted by molar-refractivity contribution is 8.02. The molecule has 2 N–H and O–H groups in total. The molecule has 9 rings (SSSR count). The molecule has 0 saturated carbocycles. The molecule has 14 nitrogen and oxygen atoms in total. The summed E-state index contributed by atoms with van der Waals surface area (Å²) in [5, 5.41) is 26.1. The lowest BCUT2D eigenvalue weighted by atomic mass is 9.77. The van der Waals surface area contributed by atoms with E-state index in [1.165, 1.54) is 44.4 Å². The smallest absolute Gasteiger partial charge is 0.356 e. The van der Waals surface area contributed by atoms with E-state index in [-0.39, 0.29) is 17.1 Å². The fourth-order valence-electron chi connectivity index (χ4n) is 7.89. The van der Waals surface area contributed by atoms with Crippen LogP contribution in [0.1, 0.15) is 39.6 Å². The van der Waals surface area contributed by atoms with Crippen LogP contribution in [0, 0.1) is 0 Å². The van der Waals surface area contributed by atoms with Gasteiger partial charge in [-0.3, -0.25) is 14.5 Å². The van der Waals surface area contributed by atoms with Gasteiger partial charge in [-0.15, -0.1) is 28.2 Å². The molecule has 67 heavy (non-hydrogen) atoms. The number of hydrogen-bond acceptors (Lipinski definition) is 14. The zero-order valence-corrected chi connectivity index (χ0v) is 38.2. The number of benzene rings is 5. The normalized spacial score (nSPS) is 16.1. The van der Waals surface area contributed by atoms with Gasteiger partial charge in [0.15, 0.2) is 16.9 Å². The average Bonchev–Trinajstić information content (AvgIpc) is 4.03. The van der Waals surface area contributed by atoms with E-state index in [4.69, 9.17) is 14.6 Å². The maximum atomic E-state index is 14.6. The number of rotatable bonds is 17. The van der Waals surface area contributed by atoms with Crippen molar-refractivity contribution < 1.29 is 24.0 Å². The molecule has 2 atom stereocenters. The van der Waals surface area contributed by atoms with Gasteiger partial charge in [-0.05, 0) is 55.3 Å². The fourth-order valence-corrected chi connectivity index (χ4v) is 10.6. The number of allylic oxidation sites excluding steroid dienone is 1. The topological polar surface area (TPSA) is 166 Å². The van der Waals surface area contributed by atoms with Crippen LogP contribution in [0.15, 0.2) is 203 Å². The first-order chi connectivity index (χ1) is 32.9. The van der Waals surface area contributed by atoms with Crippen LogP contribution in [0.25, 0.3) is 0 Å². The first-order valence-electron chi connectivity index (χ1n) is 21.0. The van der Waals surface area contributed by atoms with E-state index in [0.717, 1.165) is 34.1 Å². The highest BCUT2D eigenvalue weighted by Crippen LogP contribution is 2.43. The van der Waals surface area contributed by atoms with Gasteiger partial charge in [0.2, 0.25) is 5.16 Å². The van der Waals surface area contributed by atoms with Gasteiger partial charge in [0.05, 0.1) is 0 Å². The number of hydrogen-bond donors (Lipinski definition) is 2. The Labute approximate surface area is 398 Å². The number of ether oxygens (including phenoxy) is 1. The maximum absolute atomic E-state index is 14.6. The van der Waals surface area contributed by atoms with Crippen molar-refractivity contribution in [2.45, 2.75) is 28.2 Å². The van der Waals surface area contributed by atoms with Crippen molar-refractivity contribution in [2.24, 2.45) is 12.2 Å². The van der Waals surface area contributed by atoms with Crippen molar-refractivity contribution >= 4 is 63.5 Å². The third-order valence-corrected chi connectivity index (χ3v) is 13.9. The lowest BCUT2D eigenvalue weighted by Crippen LogP contribution is -2.71. The van der Waals surface area contributed by atoms with Gasteiger partial charge in [-0.2, -0.15) is 0 Å². The standard InChI is InChI=1S/C50H41N9O5S3/c1-3-63-55-40(39-32-67-48(51-39)53-50(36-23-13-6-14-24-36,37-25-15-7-16-26-37)38-27-17-8-18-28-38)44(60)52-41-45(61)59-42(35(31-66-46(41)59)29-30-65-49-54-56-57-58(49)2)47(62)64-43(33-19-9-4-10-20-33)34-21-11-5-12-22-34/h3-30,32,41,43,46H,1,31H2,2H3,(H,51,53)(H,52,60). The highest BCUT2D eigenvalue weighted by atomic mass is 32.2. The first kappa shape index (κ1) is 44.6. The number of nitrogens with one attached hydrogen (secondary N) is 2. The number of carbonyl (C=O) groups is 3. The molecule has 4 heterocycles. The first-order valence-corrected chi connectivity index (χ1v) is 23.8. The minimum absolute atomic E-state index is 0.0712. The fraction of sp³-hybridized carbons (Fsp3) is 0.120. The Bertz CT molecular complexity index is 2830. The van der Waals surface area contributed by atoms with Crippen LogP contribution in [0.4, 0.5) is 5.13 Å². The number of tetrazole rings is 1. The second-order valence-electron chi connectivity index (χ2n) is 15.1. The Hall–Kier alpha value is -7.60. The molecule has 2 amide bonds. The number of carbonyl (C=O) groups excluding carboxylic acids is 3. The number of amides is 2. The predicted octanol–water partition coefficient (Wildman–Crippen LogP) is 8.23. The molecule has 1 saturated heterocycles. The summed E-state index contributed by atoms with van der Waals surface area (Å²) in [5.74, 6) is -1.60. The Morgan fingerprint density at radius 3 is 1.97 bits per heavy atom. The summed E-state index contributed by atoms with van der Waals surface area (Å²) in [7, 11) is 1.72. The number of β-lactam (4-membered cyclic amide) rings is 1. The van der Waals surface area contributed by atoms with E-state index in [1.54, 1.807) is 23.9 Å². The van der Waals surface area contributed by atoms with Crippen LogP contribution in [0.3, 0.4) is 0 Å². The van der Waals surface area contributed by atoms with Crippen LogP contribution in [0.2, 0.25) is 0 Å². The lowest BCUT2D eigenvalue weighted by molar-refractivity contribution is -0.154. The molecule has 0 aliphatic carbocycles. The van der Waals surface area contributed by atoms with Gasteiger partial charge in [0.1, 0.15) is 34.6 Å². The zero-order valence-electron chi connectivity index (χ0n) is 35.8. The van der Waals surface area contributed by atoms with Gasteiger partial charge < -0.3 is 20.2 Å². The van der Waals surface area contributed by atoms with E-state index < -0.39 is 40.8 Å². The quantitative estimate of drug-likeness (QED) is 0.0171. The molecule has 17 heteroatoms. The molecule has 7 aromatic rings. The average molecular weight is 944 g/mol. The number of oxime groups is 1. The number of aromatic nitrogens is 5. The molecule has 0 radical (unpaired) electrons. The highest BCUT2D eigenvalue weighted by Gasteiger charge is 2.55. The molecule has 2 aliphatic heterocycles. The van der Waals surface area contributed by atoms with Crippen molar-refractivity contribution in [3.63, 3.8) is 0 Å². The number of thiazole rings is 1. The number of fused-ring (bicyclic) bond motifs is 1. The molecule has 2 aromatic heterocycles. The zero-order chi connectivity index (χ0) is 46.2. The van der Waals surface area contributed by atoms with Gasteiger partial charge in [0.25, 0.3) is 11.8 Å². The number of esters is 1. The van der Waals surface area contributed by atoms with E-state index >= 15 is 0 Å². The monoisotopic (exact) mass is 943 g/mol. The third-order valence-electron chi connectivity index (χ3n) is 11.0. The summed E-state index contributed by atoms with van der Waals surface area (Å²) in [5.41, 5.74) is 4.18. The second kappa shape index (κ2) is 20.3. The van der Waals surface area contributed by atoms with Gasteiger partial charge in [-0.25, -0.2) is 14.5 Å². The summed E-state index contributed by atoms with van der Waals surface area (Å²) in [6.07, 6.45) is 2.07. The van der Waals surface area contributed by atoms with Crippen molar-refractivity contribution in [1.82, 2.24) is 35.4 Å². The van der Waals surface area contributed by atoms with Crippen molar-refractivity contribution in [3.8, 4) is 0 Å². The van der Waals surface area contributed by atoms with Gasteiger partial charge in [0, 0.05) is 18.2 Å². The lowest BCUT2D eigenvalue weighted by Gasteiger charge is -2.49. The largest absolute Gasteiger partial charge is 0.448 e. The van der Waals surface area contributed by atoms with Crippen molar-refractivity contribution in [1.29, 1.82) is 0 Å². The number of anilines is 1. The Balaban J connectivity index is 0.996. The second-order valence-corrected chi connectivity index (χ2v) is 17.9. The predicted molar refractivity (Wildman–Crippen MR) is 259 cm³/mol. The summed E-state index contributed by atoms with van der Waals surface area (Å²) in [4.78, 5) is 54.7. The van der Waals surface area contributed by atoms with E-state index in [0.29, 0.717) is 21.6 Å². The summed E-state index contributed by atoms with van der Waals surface area (Å²) >= 11 is 3.94. The Kier molecular flexibility index (Phi) is 13.5. The summed E-state index contributed by atoms with van der Waals surface area (Å²) in [6.45, 7) is 3.60. The van der Waals surface area contributed by atoms with Crippen LogP contribution in [-0.2, 0) is 36.5 Å². The maximum Gasteiger partial charge on any atom is 0.356 e. The summed E-state index contributed by atoms with van der Waals surface area (Å²) < 4.78 is 7.84. The SMILES string of the molecule is C=CON=C(C(=O)NC1C(=O)N2C(C(=O)OC(c3ccccc3)c3ccccc3)=C(C=CSc3nnnn3C)CSC12)c1csc(NC(c2ccccc2)(c2ccccc2)c2ccccc2)n1. The van der Waals surface area contributed by atoms with Crippen molar-refractivity contribution in [2.75, 3.05) is 11.1 Å². The Morgan fingerprint density at radius 1 is 0.866 bits per heavy atom. The van der Waals surface area contributed by atoms with Crippen LogP contribution >= 0.6 is 34.9 Å². The molecule has 2 aliphatic rings. The molecule has 1 fully saturated rings. The Morgan fingerprint density at radius 2 is 1.43 bits per heavy atom. The number of thioether (sulfide) groups is 2. The number of aryl methyl sites for hydroxylation is 1. The molecule has 0 spiro atoms. The van der Waals surface area contributed by atoms with E-state index in [1.807, 2.05) is 115 Å². The van der Waals surface area contributed by atoms with Crippen LogP contribution < -0.4 is 10.6 Å².